The van der Waals surface area contributed by atoms with Crippen LogP contribution in [0.15, 0.2) is 24.3 Å². The first-order chi connectivity index (χ1) is 9.43. The summed E-state index contributed by atoms with van der Waals surface area (Å²) in [7, 11) is 0. The van der Waals surface area contributed by atoms with E-state index in [0.717, 1.165) is 0 Å². The average molecular weight is 274 g/mol. The number of alkyl halides is 1. The third-order valence-electron chi connectivity index (χ3n) is 2.01. The number of hydrogen-bond donors (Lipinski definition) is 0. The van der Waals surface area contributed by atoms with Crippen molar-refractivity contribution in [3.63, 3.8) is 0 Å². The lowest BCUT2D eigenvalue weighted by Gasteiger charge is -2.11. The van der Waals surface area contributed by atoms with Gasteiger partial charge in [0.1, 0.15) is 0 Å². The van der Waals surface area contributed by atoms with Gasteiger partial charge in [-0.15, -0.1) is 0 Å². The molecular weight excluding hydrogens is 258 g/mol. The molecule has 0 aliphatic carbocycles. The standard InChI is InChI=1S/C11H10BrNO2/c12-6-3-7-13-10(14)8-4-1-2-5-9(8)11(13)15/h1-2,4-5H,3,6-7H2/i3D2,6D2,7D2. The van der Waals surface area contributed by atoms with E-state index in [1.807, 2.05) is 0 Å². The number of amides is 2. The molecule has 0 bridgehead atoms. The van der Waals surface area contributed by atoms with Crippen LogP contribution in [-0.4, -0.2) is 28.5 Å². The van der Waals surface area contributed by atoms with Crippen LogP contribution in [0.1, 0.15) is 35.3 Å². The Morgan fingerprint density at radius 1 is 1.20 bits per heavy atom. The number of hydrogen-bond acceptors (Lipinski definition) is 2. The zero-order valence-corrected chi connectivity index (χ0v) is 9.04. The Kier molecular flexibility index (Phi) is 1.45. The van der Waals surface area contributed by atoms with Crippen molar-refractivity contribution in [3.8, 4) is 0 Å². The summed E-state index contributed by atoms with van der Waals surface area (Å²) >= 11 is 2.43. The van der Waals surface area contributed by atoms with Gasteiger partial charge in [0.15, 0.2) is 0 Å². The van der Waals surface area contributed by atoms with Crippen LogP contribution in [0.4, 0.5) is 0 Å². The molecule has 0 aromatic heterocycles. The SMILES string of the molecule is [2H]C([2H])(Br)C([2H])([2H])C([2H])([2H])N1C(=O)c2ccccc2C1=O. The molecule has 0 unspecified atom stereocenters. The minimum absolute atomic E-state index is 0.0303. The number of halogens is 1. The Labute approximate surface area is 105 Å². The lowest BCUT2D eigenvalue weighted by molar-refractivity contribution is 0.0655. The van der Waals surface area contributed by atoms with Crippen LogP contribution in [0, 0.1) is 0 Å². The molecule has 0 radical (unpaired) electrons. The largest absolute Gasteiger partial charge is 0.274 e. The minimum Gasteiger partial charge on any atom is -0.274 e. The summed E-state index contributed by atoms with van der Waals surface area (Å²) in [5.41, 5.74) is -0.0605. The van der Waals surface area contributed by atoms with E-state index in [4.69, 9.17) is 8.22 Å². The van der Waals surface area contributed by atoms with E-state index in [1.54, 1.807) is 0 Å². The number of rotatable bonds is 3. The van der Waals surface area contributed by atoms with E-state index in [1.165, 1.54) is 24.3 Å². The molecule has 4 heteroatoms. The summed E-state index contributed by atoms with van der Waals surface area (Å²) in [5, 5.41) is -2.78. The molecule has 15 heavy (non-hydrogen) atoms. The van der Waals surface area contributed by atoms with E-state index in [9.17, 15) is 9.59 Å². The summed E-state index contributed by atoms with van der Waals surface area (Å²) in [6.45, 7) is -3.17. The van der Waals surface area contributed by atoms with E-state index in [-0.39, 0.29) is 16.0 Å². The van der Waals surface area contributed by atoms with Gasteiger partial charge in [0.05, 0.1) is 11.1 Å². The first-order valence-electron chi connectivity index (χ1n) is 7.10. The maximum atomic E-state index is 12.2. The third kappa shape index (κ3) is 1.69. The maximum absolute atomic E-state index is 12.2. The zero-order valence-electron chi connectivity index (χ0n) is 13.5. The Hall–Kier alpha value is -1.16. The van der Waals surface area contributed by atoms with Crippen molar-refractivity contribution in [1.82, 2.24) is 4.90 Å². The summed E-state index contributed by atoms with van der Waals surface area (Å²) in [4.78, 5) is 24.5. The van der Waals surface area contributed by atoms with Crippen molar-refractivity contribution in [1.29, 1.82) is 0 Å². The molecule has 0 saturated heterocycles. The Balaban J connectivity index is 2.54. The molecule has 0 fully saturated rings. The van der Waals surface area contributed by atoms with Crippen LogP contribution in [-0.2, 0) is 0 Å². The second-order valence-electron chi connectivity index (χ2n) is 2.82. The molecule has 1 aliphatic heterocycles. The van der Waals surface area contributed by atoms with Crippen molar-refractivity contribution < 1.29 is 17.8 Å². The third-order valence-corrected chi connectivity index (χ3v) is 2.21. The Bertz CT molecular complexity index is 592. The fourth-order valence-electron chi connectivity index (χ4n) is 1.37. The average Bonchev–Trinajstić information content (AvgIpc) is 2.61. The quantitative estimate of drug-likeness (QED) is 0.625. The second-order valence-corrected chi connectivity index (χ2v) is 3.22. The molecule has 3 nitrogen and oxygen atoms in total. The van der Waals surface area contributed by atoms with E-state index >= 15 is 0 Å². The molecule has 0 saturated carbocycles. The van der Waals surface area contributed by atoms with Crippen molar-refractivity contribution in [3.05, 3.63) is 35.4 Å². The minimum atomic E-state index is -3.17. The highest BCUT2D eigenvalue weighted by Gasteiger charge is 2.34. The molecule has 1 aliphatic rings. The van der Waals surface area contributed by atoms with Crippen molar-refractivity contribution in [2.75, 3.05) is 11.8 Å². The summed E-state index contributed by atoms with van der Waals surface area (Å²) in [6.07, 6.45) is -3.16. The van der Waals surface area contributed by atoms with Crippen LogP contribution >= 0.6 is 15.9 Å². The summed E-state index contributed by atoms with van der Waals surface area (Å²) in [5.74, 6) is -1.97. The van der Waals surface area contributed by atoms with E-state index < -0.39 is 30.0 Å². The zero-order chi connectivity index (χ0) is 16.2. The van der Waals surface area contributed by atoms with Gasteiger partial charge in [-0.2, -0.15) is 0 Å². The van der Waals surface area contributed by atoms with Crippen LogP contribution in [0.25, 0.3) is 0 Å². The van der Waals surface area contributed by atoms with Crippen LogP contribution < -0.4 is 0 Å². The highest BCUT2D eigenvalue weighted by atomic mass is 79.9. The topological polar surface area (TPSA) is 37.4 Å². The molecule has 0 N–H and O–H groups in total. The Morgan fingerprint density at radius 3 is 2.20 bits per heavy atom. The molecule has 2 amide bonds. The molecule has 1 aromatic rings. The number of imide groups is 1. The van der Waals surface area contributed by atoms with Gasteiger partial charge in [-0.25, -0.2) is 0 Å². The molecule has 1 aromatic carbocycles. The van der Waals surface area contributed by atoms with Crippen molar-refractivity contribution in [2.45, 2.75) is 6.37 Å². The van der Waals surface area contributed by atoms with Gasteiger partial charge in [-0.1, -0.05) is 28.1 Å². The van der Waals surface area contributed by atoms with E-state index in [2.05, 4.69) is 15.9 Å². The van der Waals surface area contributed by atoms with Crippen molar-refractivity contribution in [2.24, 2.45) is 0 Å². The van der Waals surface area contributed by atoms with Gasteiger partial charge < -0.3 is 0 Å². The first-order valence-corrected chi connectivity index (χ1v) is 4.89. The highest BCUT2D eigenvalue weighted by molar-refractivity contribution is 9.09. The highest BCUT2D eigenvalue weighted by Crippen LogP contribution is 2.22. The van der Waals surface area contributed by atoms with Gasteiger partial charge in [0.2, 0.25) is 0 Å². The molecule has 0 spiro atoms. The van der Waals surface area contributed by atoms with E-state index in [0.29, 0.717) is 0 Å². The van der Waals surface area contributed by atoms with Crippen LogP contribution in [0.3, 0.4) is 0 Å². The lowest BCUT2D eigenvalue weighted by Crippen LogP contribution is -2.30. The molecule has 78 valence electrons. The number of benzene rings is 1. The fourth-order valence-corrected chi connectivity index (χ4v) is 1.46. The predicted octanol–water partition coefficient (Wildman–Crippen LogP) is 2.07. The van der Waals surface area contributed by atoms with Gasteiger partial charge in [0.25, 0.3) is 11.8 Å². The summed E-state index contributed by atoms with van der Waals surface area (Å²) in [6, 6.07) is 5.68. The maximum Gasteiger partial charge on any atom is 0.261 e. The first kappa shape index (κ1) is 5.25. The van der Waals surface area contributed by atoms with Crippen LogP contribution in [0.5, 0.6) is 0 Å². The van der Waals surface area contributed by atoms with Crippen LogP contribution in [0.2, 0.25) is 0 Å². The number of nitrogens with zero attached hydrogens (tertiary/aromatic N) is 1. The molecule has 2 rings (SSSR count). The predicted molar refractivity (Wildman–Crippen MR) is 60.2 cm³/mol. The normalized spacial score (nSPS) is 23.4. The molecule has 0 atom stereocenters. The lowest BCUT2D eigenvalue weighted by atomic mass is 10.1. The van der Waals surface area contributed by atoms with Crippen molar-refractivity contribution >= 4 is 27.7 Å². The number of carbonyl (C=O) groups excluding carboxylic acids is 2. The Morgan fingerprint density at radius 2 is 1.73 bits per heavy atom. The van der Waals surface area contributed by atoms with Gasteiger partial charge in [0, 0.05) is 20.0 Å². The molecular formula is C11H10BrNO2. The van der Waals surface area contributed by atoms with Gasteiger partial charge in [-0.3, -0.25) is 14.5 Å². The van der Waals surface area contributed by atoms with Gasteiger partial charge >= 0.3 is 0 Å². The fraction of sp³-hybridized carbons (Fsp3) is 0.273. The number of fused-ring (bicyclic) bond motifs is 1. The van der Waals surface area contributed by atoms with Gasteiger partial charge in [-0.05, 0) is 18.5 Å². The monoisotopic (exact) mass is 273 g/mol. The summed E-state index contributed by atoms with van der Waals surface area (Å²) < 4.78 is 45.7. The smallest absolute Gasteiger partial charge is 0.261 e. The second kappa shape index (κ2) is 4.14. The number of carbonyl (C=O) groups is 2. The molecule has 1 heterocycles.